The van der Waals surface area contributed by atoms with Crippen molar-refractivity contribution in [2.24, 2.45) is 0 Å². The second-order valence-electron chi connectivity index (χ2n) is 5.20. The fraction of sp³-hybridized carbons (Fsp3) is 0.571. The van der Waals surface area contributed by atoms with E-state index in [-0.39, 0.29) is 18.4 Å². The number of aryl methyl sites for hydroxylation is 1. The van der Waals surface area contributed by atoms with E-state index in [1.807, 2.05) is 0 Å². The Labute approximate surface area is 142 Å². The third kappa shape index (κ3) is 4.13. The molecule has 0 aromatic carbocycles. The number of halogens is 2. The predicted octanol–water partition coefficient (Wildman–Crippen LogP) is 3.08. The molecule has 0 bridgehead atoms. The van der Waals surface area contributed by atoms with Gasteiger partial charge in [-0.05, 0) is 24.5 Å². The first-order chi connectivity index (χ1) is 10.4. The average molecular weight is 366 g/mol. The van der Waals surface area contributed by atoms with Crippen molar-refractivity contribution in [3.05, 3.63) is 20.3 Å². The molecule has 1 amide bonds. The third-order valence-corrected chi connectivity index (χ3v) is 5.33. The number of carbonyl (C=O) groups is 2. The van der Waals surface area contributed by atoms with Gasteiger partial charge in [-0.2, -0.15) is 0 Å². The van der Waals surface area contributed by atoms with Crippen LogP contribution in [0.25, 0.3) is 0 Å². The van der Waals surface area contributed by atoms with E-state index in [9.17, 15) is 14.7 Å². The maximum Gasteiger partial charge on any atom is 0.326 e. The van der Waals surface area contributed by atoms with E-state index < -0.39 is 12.0 Å². The minimum atomic E-state index is -0.986. The van der Waals surface area contributed by atoms with Crippen molar-refractivity contribution < 1.29 is 19.4 Å². The minimum absolute atomic E-state index is 0.163. The number of hydrogen-bond acceptors (Lipinski definition) is 4. The molecule has 1 aromatic rings. The zero-order valence-corrected chi connectivity index (χ0v) is 14.4. The van der Waals surface area contributed by atoms with E-state index in [1.54, 1.807) is 6.07 Å². The Morgan fingerprint density at radius 3 is 2.77 bits per heavy atom. The summed E-state index contributed by atoms with van der Waals surface area (Å²) >= 11 is 13.2. The van der Waals surface area contributed by atoms with Crippen LogP contribution >= 0.6 is 34.5 Å². The number of likely N-dealkylation sites (tertiary alicyclic amines) is 1. The van der Waals surface area contributed by atoms with Gasteiger partial charge < -0.3 is 14.7 Å². The van der Waals surface area contributed by atoms with Gasteiger partial charge in [0.25, 0.3) is 0 Å². The molecule has 1 N–H and O–H groups in total. The molecule has 22 heavy (non-hydrogen) atoms. The summed E-state index contributed by atoms with van der Waals surface area (Å²) < 4.78 is 6.44. The minimum Gasteiger partial charge on any atom is -0.480 e. The monoisotopic (exact) mass is 365 g/mol. The first-order valence-corrected chi connectivity index (χ1v) is 8.48. The number of carboxylic acid groups (broad SMARTS) is 1. The van der Waals surface area contributed by atoms with Crippen molar-refractivity contribution in [1.82, 2.24) is 4.90 Å². The molecule has 0 saturated carbocycles. The molecular weight excluding hydrogens is 349 g/mol. The number of rotatable bonds is 6. The van der Waals surface area contributed by atoms with Crippen LogP contribution in [-0.2, 0) is 20.7 Å². The van der Waals surface area contributed by atoms with Gasteiger partial charge in [-0.15, -0.1) is 11.3 Å². The van der Waals surface area contributed by atoms with E-state index in [4.69, 9.17) is 27.9 Å². The van der Waals surface area contributed by atoms with Crippen molar-refractivity contribution in [2.75, 3.05) is 13.7 Å². The normalized spacial score (nSPS) is 21.3. The van der Waals surface area contributed by atoms with Crippen LogP contribution in [0.2, 0.25) is 8.67 Å². The number of hydrogen-bond donors (Lipinski definition) is 1. The number of aliphatic carboxylic acids is 1. The number of carbonyl (C=O) groups excluding carboxylic acids is 1. The van der Waals surface area contributed by atoms with Gasteiger partial charge in [0.15, 0.2) is 0 Å². The van der Waals surface area contributed by atoms with E-state index >= 15 is 0 Å². The van der Waals surface area contributed by atoms with Crippen LogP contribution in [0.5, 0.6) is 0 Å². The maximum atomic E-state index is 12.3. The first kappa shape index (κ1) is 17.5. The lowest BCUT2D eigenvalue weighted by atomic mass is 10.1. The van der Waals surface area contributed by atoms with E-state index in [0.29, 0.717) is 34.5 Å². The zero-order valence-electron chi connectivity index (χ0n) is 12.1. The smallest absolute Gasteiger partial charge is 0.326 e. The van der Waals surface area contributed by atoms with Crippen molar-refractivity contribution in [3.8, 4) is 0 Å². The van der Waals surface area contributed by atoms with Crippen LogP contribution in [0.3, 0.4) is 0 Å². The number of methoxy groups -OCH3 is 1. The number of carboxylic acids is 1. The second kappa shape index (κ2) is 7.64. The van der Waals surface area contributed by atoms with Crippen molar-refractivity contribution in [1.29, 1.82) is 0 Å². The molecule has 2 atom stereocenters. The summed E-state index contributed by atoms with van der Waals surface area (Å²) in [7, 11) is 1.53. The van der Waals surface area contributed by atoms with Gasteiger partial charge in [-0.1, -0.05) is 23.2 Å². The lowest BCUT2D eigenvalue weighted by molar-refractivity contribution is -0.148. The molecule has 1 aliphatic heterocycles. The molecule has 1 aromatic heterocycles. The van der Waals surface area contributed by atoms with Gasteiger partial charge in [-0.25, -0.2) is 4.79 Å². The Morgan fingerprint density at radius 2 is 2.23 bits per heavy atom. The Hall–Kier alpha value is -0.820. The molecule has 1 fully saturated rings. The molecular formula is C14H17Cl2NO4S. The van der Waals surface area contributed by atoms with E-state index in [2.05, 4.69) is 0 Å². The average Bonchev–Trinajstić information content (AvgIpc) is 3.02. The topological polar surface area (TPSA) is 66.8 Å². The summed E-state index contributed by atoms with van der Waals surface area (Å²) in [6.45, 7) is 0.331. The van der Waals surface area contributed by atoms with Crippen molar-refractivity contribution in [2.45, 2.75) is 37.8 Å². The highest BCUT2D eigenvalue weighted by atomic mass is 35.5. The second-order valence-corrected chi connectivity index (χ2v) is 7.48. The van der Waals surface area contributed by atoms with Gasteiger partial charge in [0.1, 0.15) is 6.04 Å². The summed E-state index contributed by atoms with van der Waals surface area (Å²) in [5.74, 6) is -1.15. The van der Waals surface area contributed by atoms with E-state index in [1.165, 1.54) is 23.3 Å². The first-order valence-electron chi connectivity index (χ1n) is 6.91. The van der Waals surface area contributed by atoms with Crippen molar-refractivity contribution >= 4 is 46.4 Å². The van der Waals surface area contributed by atoms with Crippen LogP contribution in [0, 0.1) is 0 Å². The van der Waals surface area contributed by atoms with Gasteiger partial charge >= 0.3 is 5.97 Å². The van der Waals surface area contributed by atoms with Crippen LogP contribution in [0.1, 0.15) is 24.8 Å². The quantitative estimate of drug-likeness (QED) is 0.840. The highest BCUT2D eigenvalue weighted by Gasteiger charge is 2.39. The fourth-order valence-electron chi connectivity index (χ4n) is 2.60. The molecule has 0 radical (unpaired) electrons. The summed E-state index contributed by atoms with van der Waals surface area (Å²) in [4.78, 5) is 24.9. The summed E-state index contributed by atoms with van der Waals surface area (Å²) in [6.07, 6.45) is 1.65. The molecule has 2 heterocycles. The third-order valence-electron chi connectivity index (χ3n) is 3.77. The van der Waals surface area contributed by atoms with E-state index in [0.717, 1.165) is 5.56 Å². The molecule has 0 spiro atoms. The van der Waals surface area contributed by atoms with Crippen LogP contribution < -0.4 is 0 Å². The Balaban J connectivity index is 1.88. The molecule has 1 saturated heterocycles. The molecule has 8 heteroatoms. The molecule has 5 nitrogen and oxygen atoms in total. The molecule has 2 unspecified atom stereocenters. The lowest BCUT2D eigenvalue weighted by Crippen LogP contribution is -2.40. The van der Waals surface area contributed by atoms with Crippen molar-refractivity contribution in [3.63, 3.8) is 0 Å². The van der Waals surface area contributed by atoms with Crippen LogP contribution in [0.4, 0.5) is 0 Å². The number of nitrogens with zero attached hydrogens (tertiary/aromatic N) is 1. The summed E-state index contributed by atoms with van der Waals surface area (Å²) in [5.41, 5.74) is 0.926. The standard InChI is InChI=1S/C14H17Cl2NO4S/c1-21-9-6-10(14(19)20)17(7-9)12(18)4-2-3-8-5-11(15)22-13(8)16/h5,9-10H,2-4,6-7H2,1H3,(H,19,20). The molecule has 0 aliphatic carbocycles. The Kier molecular flexibility index (Phi) is 6.09. The molecule has 122 valence electrons. The van der Waals surface area contributed by atoms with Gasteiger partial charge in [0.05, 0.1) is 14.8 Å². The fourth-order valence-corrected chi connectivity index (χ4v) is 4.14. The SMILES string of the molecule is COC1CC(C(=O)O)N(C(=O)CCCc2cc(Cl)sc2Cl)C1. The molecule has 2 rings (SSSR count). The Bertz CT molecular complexity index is 563. The predicted molar refractivity (Wildman–Crippen MR) is 85.8 cm³/mol. The van der Waals surface area contributed by atoms with Crippen LogP contribution in [0.15, 0.2) is 6.07 Å². The lowest BCUT2D eigenvalue weighted by Gasteiger charge is -2.21. The summed E-state index contributed by atoms with van der Waals surface area (Å²) in [5, 5.41) is 9.21. The highest BCUT2D eigenvalue weighted by Crippen LogP contribution is 2.32. The maximum absolute atomic E-state index is 12.3. The van der Waals surface area contributed by atoms with Gasteiger partial charge in [0.2, 0.25) is 5.91 Å². The highest BCUT2D eigenvalue weighted by molar-refractivity contribution is 7.20. The number of ether oxygens (including phenoxy) is 1. The number of amides is 1. The largest absolute Gasteiger partial charge is 0.480 e. The Morgan fingerprint density at radius 1 is 1.50 bits per heavy atom. The number of thiophene rings is 1. The van der Waals surface area contributed by atoms with Crippen LogP contribution in [-0.4, -0.2) is 47.7 Å². The van der Waals surface area contributed by atoms with Gasteiger partial charge in [-0.3, -0.25) is 4.79 Å². The molecule has 1 aliphatic rings. The van der Waals surface area contributed by atoms with Gasteiger partial charge in [0, 0.05) is 26.5 Å². The zero-order chi connectivity index (χ0) is 16.3. The summed E-state index contributed by atoms with van der Waals surface area (Å²) in [6, 6.07) is 1.01.